The van der Waals surface area contributed by atoms with E-state index in [2.05, 4.69) is 52.4 Å². The summed E-state index contributed by atoms with van der Waals surface area (Å²) < 4.78 is 6.68. The Morgan fingerprint density at radius 2 is 2.10 bits per heavy atom. The third kappa shape index (κ3) is 6.31. The zero-order valence-electron chi connectivity index (χ0n) is 12.8. The maximum absolute atomic E-state index is 5.48. The van der Waals surface area contributed by atoms with Crippen molar-refractivity contribution < 1.29 is 4.74 Å². The van der Waals surface area contributed by atoms with Crippen molar-refractivity contribution in [3.8, 4) is 0 Å². The van der Waals surface area contributed by atoms with Crippen molar-refractivity contribution >= 4 is 27.7 Å². The molecule has 2 rings (SSSR count). The molecule has 0 saturated carbocycles. The number of benzene rings is 1. The van der Waals surface area contributed by atoms with E-state index in [1.54, 1.807) is 0 Å². The molecule has 21 heavy (non-hydrogen) atoms. The summed E-state index contributed by atoms with van der Waals surface area (Å²) in [5, 5.41) is 3.73. The molecule has 1 aliphatic heterocycles. The van der Waals surface area contributed by atoms with Crippen molar-refractivity contribution in [3.63, 3.8) is 0 Å². The van der Waals surface area contributed by atoms with Crippen molar-refractivity contribution in [2.75, 3.05) is 25.5 Å². The van der Waals surface area contributed by atoms with Crippen LogP contribution >= 0.6 is 27.7 Å². The van der Waals surface area contributed by atoms with Crippen LogP contribution in [-0.4, -0.2) is 31.6 Å². The average molecular weight is 372 g/mol. The minimum Gasteiger partial charge on any atom is -0.381 e. The van der Waals surface area contributed by atoms with Gasteiger partial charge in [-0.2, -0.15) is 0 Å². The summed E-state index contributed by atoms with van der Waals surface area (Å²) >= 11 is 5.59. The lowest BCUT2D eigenvalue weighted by atomic mass is 9.93. The number of rotatable bonds is 8. The normalized spacial score (nSPS) is 17.8. The van der Waals surface area contributed by atoms with Crippen LogP contribution in [0.1, 0.15) is 32.6 Å². The largest absolute Gasteiger partial charge is 0.381 e. The summed E-state index contributed by atoms with van der Waals surface area (Å²) in [4.78, 5) is 1.34. The maximum atomic E-state index is 5.48. The molecule has 1 aromatic rings. The fourth-order valence-corrected chi connectivity index (χ4v) is 4.34. The van der Waals surface area contributed by atoms with Gasteiger partial charge in [-0.05, 0) is 66.2 Å². The number of thioether (sulfide) groups is 1. The van der Waals surface area contributed by atoms with Gasteiger partial charge in [0.15, 0.2) is 0 Å². The van der Waals surface area contributed by atoms with Gasteiger partial charge in [-0.1, -0.05) is 19.1 Å². The molecule has 1 aliphatic rings. The smallest absolute Gasteiger partial charge is 0.0468 e. The highest BCUT2D eigenvalue weighted by Gasteiger charge is 2.19. The third-order valence-electron chi connectivity index (χ3n) is 3.92. The molecule has 1 atom stereocenters. The summed E-state index contributed by atoms with van der Waals surface area (Å²) in [7, 11) is 0. The molecule has 0 aromatic heterocycles. The molecule has 0 amide bonds. The van der Waals surface area contributed by atoms with Gasteiger partial charge in [-0.25, -0.2) is 0 Å². The fourth-order valence-electron chi connectivity index (χ4n) is 2.70. The number of nitrogens with one attached hydrogen (secondary N) is 1. The Morgan fingerprint density at radius 1 is 1.33 bits per heavy atom. The number of halogens is 1. The Balaban J connectivity index is 1.84. The summed E-state index contributed by atoms with van der Waals surface area (Å²) in [6.45, 7) is 5.24. The van der Waals surface area contributed by atoms with Gasteiger partial charge in [0.1, 0.15) is 0 Å². The summed E-state index contributed by atoms with van der Waals surface area (Å²) in [5.74, 6) is 1.97. The molecule has 1 aromatic carbocycles. The van der Waals surface area contributed by atoms with E-state index in [-0.39, 0.29) is 0 Å². The molecule has 1 saturated heterocycles. The minimum absolute atomic E-state index is 0.602. The molecule has 0 radical (unpaired) electrons. The third-order valence-corrected chi connectivity index (χ3v) is 6.11. The summed E-state index contributed by atoms with van der Waals surface area (Å²) in [6, 6.07) is 9.10. The highest BCUT2D eigenvalue weighted by atomic mass is 79.9. The van der Waals surface area contributed by atoms with Crippen LogP contribution in [0, 0.1) is 5.92 Å². The van der Waals surface area contributed by atoms with E-state index < -0.39 is 0 Å². The fraction of sp³-hybridized carbons (Fsp3) is 0.647. The molecule has 0 spiro atoms. The number of ether oxygens (including phenoxy) is 1. The average Bonchev–Trinajstić information content (AvgIpc) is 2.52. The summed E-state index contributed by atoms with van der Waals surface area (Å²) in [5.41, 5.74) is 0. The van der Waals surface area contributed by atoms with Gasteiger partial charge in [0, 0.05) is 34.4 Å². The second-order valence-electron chi connectivity index (χ2n) is 5.68. The van der Waals surface area contributed by atoms with Gasteiger partial charge in [-0.3, -0.25) is 0 Å². The van der Waals surface area contributed by atoms with Crippen LogP contribution in [0.4, 0.5) is 0 Å². The van der Waals surface area contributed by atoms with Crippen molar-refractivity contribution in [1.82, 2.24) is 5.32 Å². The van der Waals surface area contributed by atoms with Gasteiger partial charge in [0.25, 0.3) is 0 Å². The molecule has 0 aliphatic carbocycles. The van der Waals surface area contributed by atoms with Crippen LogP contribution in [0.5, 0.6) is 0 Å². The molecule has 1 N–H and O–H groups in total. The van der Waals surface area contributed by atoms with E-state index in [1.807, 2.05) is 11.8 Å². The number of hydrogen-bond acceptors (Lipinski definition) is 3. The second kappa shape index (κ2) is 9.88. The van der Waals surface area contributed by atoms with Crippen LogP contribution in [0.3, 0.4) is 0 Å². The first-order chi connectivity index (χ1) is 10.3. The highest BCUT2D eigenvalue weighted by Crippen LogP contribution is 2.29. The van der Waals surface area contributed by atoms with Gasteiger partial charge < -0.3 is 10.1 Å². The van der Waals surface area contributed by atoms with Crippen LogP contribution < -0.4 is 5.32 Å². The topological polar surface area (TPSA) is 21.3 Å². The van der Waals surface area contributed by atoms with Crippen LogP contribution in [0.2, 0.25) is 0 Å². The molecular formula is C17H26BrNOS. The predicted octanol–water partition coefficient (Wildman–Crippen LogP) is 4.73. The highest BCUT2D eigenvalue weighted by molar-refractivity contribution is 9.10. The van der Waals surface area contributed by atoms with Gasteiger partial charge >= 0.3 is 0 Å². The molecule has 2 nitrogen and oxygen atoms in total. The molecule has 118 valence electrons. The van der Waals surface area contributed by atoms with E-state index in [0.29, 0.717) is 6.04 Å². The first-order valence-electron chi connectivity index (χ1n) is 7.98. The second-order valence-corrected chi connectivity index (χ2v) is 7.60. The standard InChI is InChI=1S/C17H26BrNOS/c1-2-9-19-15(12-14-7-10-20-11-8-14)13-21-17-6-4-3-5-16(17)18/h3-6,14-15,19H,2,7-13H2,1H3. The van der Waals surface area contributed by atoms with Crippen molar-refractivity contribution in [2.45, 2.75) is 43.5 Å². The van der Waals surface area contributed by atoms with E-state index in [9.17, 15) is 0 Å². The van der Waals surface area contributed by atoms with E-state index >= 15 is 0 Å². The predicted molar refractivity (Wildman–Crippen MR) is 95.1 cm³/mol. The molecule has 1 unspecified atom stereocenters. The Bertz CT molecular complexity index is 410. The lowest BCUT2D eigenvalue weighted by Gasteiger charge is -2.27. The lowest BCUT2D eigenvalue weighted by Crippen LogP contribution is -2.35. The quantitative estimate of drug-likeness (QED) is 0.667. The zero-order chi connectivity index (χ0) is 14.9. The summed E-state index contributed by atoms with van der Waals surface area (Å²) in [6.07, 6.45) is 4.93. The minimum atomic E-state index is 0.602. The zero-order valence-corrected chi connectivity index (χ0v) is 15.2. The SMILES string of the molecule is CCCNC(CSc1ccccc1Br)CC1CCOCC1. The first kappa shape index (κ1) is 17.3. The van der Waals surface area contributed by atoms with Gasteiger partial charge in [0.2, 0.25) is 0 Å². The van der Waals surface area contributed by atoms with Gasteiger partial charge in [0.05, 0.1) is 0 Å². The number of hydrogen-bond donors (Lipinski definition) is 1. The van der Waals surface area contributed by atoms with Crippen molar-refractivity contribution in [1.29, 1.82) is 0 Å². The van der Waals surface area contributed by atoms with Crippen LogP contribution in [-0.2, 0) is 4.74 Å². The maximum Gasteiger partial charge on any atom is 0.0468 e. The Hall–Kier alpha value is -0.0300. The molecular weight excluding hydrogens is 346 g/mol. The monoisotopic (exact) mass is 371 g/mol. The van der Waals surface area contributed by atoms with Crippen molar-refractivity contribution in [3.05, 3.63) is 28.7 Å². The molecule has 1 heterocycles. The van der Waals surface area contributed by atoms with E-state index in [1.165, 1.54) is 35.1 Å². The lowest BCUT2D eigenvalue weighted by molar-refractivity contribution is 0.0613. The van der Waals surface area contributed by atoms with Crippen LogP contribution in [0.15, 0.2) is 33.6 Å². The Morgan fingerprint density at radius 3 is 2.81 bits per heavy atom. The Labute approximate surface area is 141 Å². The van der Waals surface area contributed by atoms with Crippen LogP contribution in [0.25, 0.3) is 0 Å². The molecule has 4 heteroatoms. The van der Waals surface area contributed by atoms with E-state index in [4.69, 9.17) is 4.74 Å². The molecule has 1 fully saturated rings. The van der Waals surface area contributed by atoms with Gasteiger partial charge in [-0.15, -0.1) is 11.8 Å². The Kier molecular flexibility index (Phi) is 8.15. The van der Waals surface area contributed by atoms with E-state index in [0.717, 1.165) is 31.4 Å². The molecule has 0 bridgehead atoms. The van der Waals surface area contributed by atoms with Crippen molar-refractivity contribution in [2.24, 2.45) is 5.92 Å². The first-order valence-corrected chi connectivity index (χ1v) is 9.76.